The maximum atomic E-state index is 12.8. The van der Waals surface area contributed by atoms with Crippen LogP contribution in [0.2, 0.25) is 0 Å². The van der Waals surface area contributed by atoms with Gasteiger partial charge in [-0.3, -0.25) is 4.79 Å². The van der Waals surface area contributed by atoms with E-state index in [0.717, 1.165) is 36.4 Å². The molecule has 3 aromatic carbocycles. The van der Waals surface area contributed by atoms with Gasteiger partial charge in [-0.25, -0.2) is 0 Å². The molecule has 1 aromatic heterocycles. The zero-order valence-corrected chi connectivity index (χ0v) is 18.1. The van der Waals surface area contributed by atoms with Gasteiger partial charge in [-0.1, -0.05) is 30.3 Å². The van der Waals surface area contributed by atoms with E-state index in [1.807, 2.05) is 56.3 Å². The molecule has 1 N–H and O–H groups in total. The van der Waals surface area contributed by atoms with Gasteiger partial charge in [0.15, 0.2) is 5.82 Å². The molecule has 0 unspecified atom stereocenters. The van der Waals surface area contributed by atoms with Crippen LogP contribution in [0.3, 0.4) is 0 Å². The van der Waals surface area contributed by atoms with E-state index in [4.69, 9.17) is 0 Å². The highest BCUT2D eigenvalue weighted by Crippen LogP contribution is 2.25. The van der Waals surface area contributed by atoms with Crippen LogP contribution in [-0.2, 0) is 13.0 Å². The Kier molecular flexibility index (Phi) is 5.15. The Morgan fingerprint density at radius 3 is 2.50 bits per heavy atom. The van der Waals surface area contributed by atoms with Crippen molar-refractivity contribution in [1.82, 2.24) is 20.2 Å². The number of fused-ring (bicyclic) bond motifs is 1. The van der Waals surface area contributed by atoms with Crippen molar-refractivity contribution in [3.8, 4) is 5.69 Å². The van der Waals surface area contributed by atoms with Crippen LogP contribution in [0.15, 0.2) is 66.7 Å². The standard InChI is InChI=1S/C25H24N6O/c1-17-7-10-22(15-24(17)31-18(2)27-28-29-31)26-25(32)20-8-11-23(12-9-20)30-14-13-19-5-3-4-6-21(19)16-30/h3-12,15H,13-14,16H2,1-2H3,(H,26,32). The number of tetrazole rings is 1. The van der Waals surface area contributed by atoms with E-state index in [0.29, 0.717) is 17.1 Å². The predicted octanol–water partition coefficient (Wildman–Crippen LogP) is 4.09. The van der Waals surface area contributed by atoms with Crippen LogP contribution >= 0.6 is 0 Å². The number of carbonyl (C=O) groups is 1. The van der Waals surface area contributed by atoms with Crippen LogP contribution in [0, 0.1) is 13.8 Å². The summed E-state index contributed by atoms with van der Waals surface area (Å²) in [6, 6.07) is 22.1. The summed E-state index contributed by atoms with van der Waals surface area (Å²) < 4.78 is 1.66. The van der Waals surface area contributed by atoms with Crippen LogP contribution in [-0.4, -0.2) is 32.7 Å². The van der Waals surface area contributed by atoms with Gasteiger partial charge >= 0.3 is 0 Å². The Morgan fingerprint density at radius 2 is 1.75 bits per heavy atom. The van der Waals surface area contributed by atoms with Gasteiger partial charge in [-0.05, 0) is 83.8 Å². The molecule has 0 spiro atoms. The maximum Gasteiger partial charge on any atom is 0.255 e. The molecule has 5 rings (SSSR count). The highest BCUT2D eigenvalue weighted by Gasteiger charge is 2.17. The van der Waals surface area contributed by atoms with Crippen molar-refractivity contribution in [3.05, 3.63) is 94.8 Å². The Hall–Kier alpha value is -4.00. The van der Waals surface area contributed by atoms with E-state index < -0.39 is 0 Å². The zero-order chi connectivity index (χ0) is 22.1. The highest BCUT2D eigenvalue weighted by atomic mass is 16.1. The normalized spacial score (nSPS) is 13.0. The Labute approximate surface area is 186 Å². The van der Waals surface area contributed by atoms with Gasteiger partial charge in [0.2, 0.25) is 0 Å². The lowest BCUT2D eigenvalue weighted by Crippen LogP contribution is -2.30. The molecule has 4 aromatic rings. The van der Waals surface area contributed by atoms with Crippen molar-refractivity contribution in [3.63, 3.8) is 0 Å². The van der Waals surface area contributed by atoms with Crippen LogP contribution < -0.4 is 10.2 Å². The van der Waals surface area contributed by atoms with E-state index in [9.17, 15) is 4.79 Å². The molecule has 0 atom stereocenters. The fraction of sp³-hybridized carbons (Fsp3) is 0.200. The van der Waals surface area contributed by atoms with Crippen molar-refractivity contribution in [2.75, 3.05) is 16.8 Å². The number of carbonyl (C=O) groups excluding carboxylic acids is 1. The van der Waals surface area contributed by atoms with E-state index in [2.05, 4.69) is 50.0 Å². The van der Waals surface area contributed by atoms with Gasteiger partial charge in [0.05, 0.1) is 5.69 Å². The molecular formula is C25H24N6O. The van der Waals surface area contributed by atoms with Gasteiger partial charge in [0, 0.05) is 30.0 Å². The molecule has 32 heavy (non-hydrogen) atoms. The fourth-order valence-electron chi connectivity index (χ4n) is 4.11. The molecule has 7 nitrogen and oxygen atoms in total. The number of nitrogens with zero attached hydrogens (tertiary/aromatic N) is 5. The first-order chi connectivity index (χ1) is 15.6. The van der Waals surface area contributed by atoms with Gasteiger partial charge in [0.1, 0.15) is 0 Å². The number of hydrogen-bond acceptors (Lipinski definition) is 5. The molecule has 160 valence electrons. The molecule has 1 aliphatic rings. The van der Waals surface area contributed by atoms with Gasteiger partial charge in [0.25, 0.3) is 5.91 Å². The Bertz CT molecular complexity index is 1280. The lowest BCUT2D eigenvalue weighted by molar-refractivity contribution is 0.102. The number of benzene rings is 3. The summed E-state index contributed by atoms with van der Waals surface area (Å²) in [5, 5.41) is 14.7. The highest BCUT2D eigenvalue weighted by molar-refractivity contribution is 6.04. The first-order valence-corrected chi connectivity index (χ1v) is 10.7. The van der Waals surface area contributed by atoms with E-state index in [1.54, 1.807) is 4.68 Å². The first kappa shape index (κ1) is 19.9. The Balaban J connectivity index is 1.30. The summed E-state index contributed by atoms with van der Waals surface area (Å²) in [4.78, 5) is 15.2. The number of hydrogen-bond donors (Lipinski definition) is 1. The quantitative estimate of drug-likeness (QED) is 0.534. The van der Waals surface area contributed by atoms with Crippen LogP contribution in [0.4, 0.5) is 11.4 Å². The van der Waals surface area contributed by atoms with Crippen molar-refractivity contribution in [1.29, 1.82) is 0 Å². The lowest BCUT2D eigenvalue weighted by atomic mass is 9.99. The Morgan fingerprint density at radius 1 is 0.969 bits per heavy atom. The number of aryl methyl sites for hydroxylation is 2. The number of nitrogens with one attached hydrogen (secondary N) is 1. The molecule has 2 heterocycles. The second-order valence-corrected chi connectivity index (χ2v) is 8.08. The van der Waals surface area contributed by atoms with Crippen molar-refractivity contribution >= 4 is 17.3 Å². The minimum absolute atomic E-state index is 0.149. The smallest absolute Gasteiger partial charge is 0.255 e. The topological polar surface area (TPSA) is 75.9 Å². The third-order valence-electron chi connectivity index (χ3n) is 5.95. The average Bonchev–Trinajstić information content (AvgIpc) is 3.25. The number of rotatable bonds is 4. The van der Waals surface area contributed by atoms with Gasteiger partial charge < -0.3 is 10.2 Å². The third-order valence-corrected chi connectivity index (χ3v) is 5.95. The predicted molar refractivity (Wildman–Crippen MR) is 124 cm³/mol. The summed E-state index contributed by atoms with van der Waals surface area (Å²) in [6.07, 6.45) is 1.04. The molecule has 0 saturated heterocycles. The summed E-state index contributed by atoms with van der Waals surface area (Å²) in [5.74, 6) is 0.538. The summed E-state index contributed by atoms with van der Waals surface area (Å²) in [5.41, 5.74) is 7.09. The van der Waals surface area contributed by atoms with Crippen molar-refractivity contribution in [2.24, 2.45) is 0 Å². The largest absolute Gasteiger partial charge is 0.367 e. The number of amides is 1. The monoisotopic (exact) mass is 424 g/mol. The molecule has 1 amide bonds. The van der Waals surface area contributed by atoms with Crippen LogP contribution in [0.25, 0.3) is 5.69 Å². The molecule has 1 aliphatic heterocycles. The molecule has 0 fully saturated rings. The number of aromatic nitrogens is 4. The minimum Gasteiger partial charge on any atom is -0.367 e. The zero-order valence-electron chi connectivity index (χ0n) is 18.1. The van der Waals surface area contributed by atoms with E-state index >= 15 is 0 Å². The van der Waals surface area contributed by atoms with E-state index in [-0.39, 0.29) is 5.91 Å². The van der Waals surface area contributed by atoms with Gasteiger partial charge in [-0.2, -0.15) is 4.68 Å². The third kappa shape index (κ3) is 3.85. The SMILES string of the molecule is Cc1ccc(NC(=O)c2ccc(N3CCc4ccccc4C3)cc2)cc1-n1nnnc1C. The van der Waals surface area contributed by atoms with Crippen LogP contribution in [0.5, 0.6) is 0 Å². The second kappa shape index (κ2) is 8.26. The van der Waals surface area contributed by atoms with Crippen molar-refractivity contribution < 1.29 is 4.79 Å². The molecule has 7 heteroatoms. The number of anilines is 2. The van der Waals surface area contributed by atoms with E-state index in [1.165, 1.54) is 11.1 Å². The maximum absolute atomic E-state index is 12.8. The van der Waals surface area contributed by atoms with Crippen molar-refractivity contribution in [2.45, 2.75) is 26.8 Å². The summed E-state index contributed by atoms with van der Waals surface area (Å²) in [7, 11) is 0. The summed E-state index contributed by atoms with van der Waals surface area (Å²) in [6.45, 7) is 5.70. The molecule has 0 aliphatic carbocycles. The molecular weight excluding hydrogens is 400 g/mol. The molecule has 0 bridgehead atoms. The lowest BCUT2D eigenvalue weighted by Gasteiger charge is -2.30. The fourth-order valence-corrected chi connectivity index (χ4v) is 4.11. The average molecular weight is 425 g/mol. The van der Waals surface area contributed by atoms with Gasteiger partial charge in [-0.15, -0.1) is 5.10 Å². The van der Waals surface area contributed by atoms with Crippen LogP contribution in [0.1, 0.15) is 32.9 Å². The minimum atomic E-state index is -0.149. The summed E-state index contributed by atoms with van der Waals surface area (Å²) >= 11 is 0. The first-order valence-electron chi connectivity index (χ1n) is 10.7. The second-order valence-electron chi connectivity index (χ2n) is 8.08. The molecule has 0 saturated carbocycles. The molecule has 0 radical (unpaired) electrons.